The predicted molar refractivity (Wildman–Crippen MR) is 101 cm³/mol. The fourth-order valence-corrected chi connectivity index (χ4v) is 3.20. The summed E-state index contributed by atoms with van der Waals surface area (Å²) in [5, 5.41) is 5.04. The maximum atomic E-state index is 13.2. The Morgan fingerprint density at radius 3 is 2.43 bits per heavy atom. The Morgan fingerprint density at radius 2 is 1.86 bits per heavy atom. The number of rotatable bonds is 6. The third-order valence-corrected chi connectivity index (χ3v) is 4.86. The largest absolute Gasteiger partial charge is 0.418 e. The standard InChI is InChI=1S/C18H24ClF3N4O2/c1-3-23-16(27)11-25-6-8-26(9-7-25)12(2)17(28)24-15-5-4-13(19)10-14(15)18(20,21)22/h4-5,10,12H,3,6-9,11H2,1-2H3,(H,23,27)(H,24,28). The molecule has 0 aliphatic carbocycles. The summed E-state index contributed by atoms with van der Waals surface area (Å²) in [5.41, 5.74) is -1.30. The van der Waals surface area contributed by atoms with E-state index in [-0.39, 0.29) is 16.6 Å². The molecule has 156 valence electrons. The van der Waals surface area contributed by atoms with Crippen molar-refractivity contribution in [3.63, 3.8) is 0 Å². The number of hydrogen-bond donors (Lipinski definition) is 2. The zero-order chi connectivity index (χ0) is 20.9. The van der Waals surface area contributed by atoms with Crippen molar-refractivity contribution in [2.45, 2.75) is 26.1 Å². The van der Waals surface area contributed by atoms with Crippen LogP contribution in [0.25, 0.3) is 0 Å². The maximum absolute atomic E-state index is 13.2. The van der Waals surface area contributed by atoms with Gasteiger partial charge in [-0.1, -0.05) is 11.6 Å². The molecule has 0 aromatic heterocycles. The molecule has 1 atom stereocenters. The Morgan fingerprint density at radius 1 is 1.21 bits per heavy atom. The molecule has 1 aliphatic heterocycles. The average Bonchev–Trinajstić information content (AvgIpc) is 2.62. The molecule has 1 saturated heterocycles. The highest BCUT2D eigenvalue weighted by Gasteiger charge is 2.35. The van der Waals surface area contributed by atoms with Crippen molar-refractivity contribution in [2.24, 2.45) is 0 Å². The lowest BCUT2D eigenvalue weighted by molar-refractivity contribution is -0.137. The van der Waals surface area contributed by atoms with Crippen LogP contribution in [0.5, 0.6) is 0 Å². The van der Waals surface area contributed by atoms with Gasteiger partial charge in [-0.25, -0.2) is 0 Å². The minimum Gasteiger partial charge on any atom is -0.355 e. The van der Waals surface area contributed by atoms with Gasteiger partial charge >= 0.3 is 6.18 Å². The van der Waals surface area contributed by atoms with E-state index in [0.717, 1.165) is 12.1 Å². The van der Waals surface area contributed by atoms with Crippen LogP contribution in [-0.4, -0.2) is 66.9 Å². The van der Waals surface area contributed by atoms with Crippen LogP contribution in [0.2, 0.25) is 5.02 Å². The van der Waals surface area contributed by atoms with Crippen molar-refractivity contribution in [3.8, 4) is 0 Å². The molecule has 2 rings (SSSR count). The van der Waals surface area contributed by atoms with Gasteiger partial charge in [0.1, 0.15) is 0 Å². The number of carbonyl (C=O) groups excluding carboxylic acids is 2. The van der Waals surface area contributed by atoms with Gasteiger partial charge in [-0.2, -0.15) is 13.2 Å². The summed E-state index contributed by atoms with van der Waals surface area (Å²) in [6, 6.07) is 2.64. The number of halogens is 4. The molecule has 0 spiro atoms. The van der Waals surface area contributed by atoms with E-state index >= 15 is 0 Å². The molecule has 1 aromatic carbocycles. The number of carbonyl (C=O) groups is 2. The lowest BCUT2D eigenvalue weighted by atomic mass is 10.1. The van der Waals surface area contributed by atoms with E-state index in [9.17, 15) is 22.8 Å². The molecule has 1 aliphatic rings. The van der Waals surface area contributed by atoms with Crippen molar-refractivity contribution in [3.05, 3.63) is 28.8 Å². The van der Waals surface area contributed by atoms with Crippen LogP contribution in [0.1, 0.15) is 19.4 Å². The molecule has 0 saturated carbocycles. The predicted octanol–water partition coefficient (Wildman–Crippen LogP) is 2.44. The zero-order valence-electron chi connectivity index (χ0n) is 15.8. The second-order valence-electron chi connectivity index (χ2n) is 6.62. The van der Waals surface area contributed by atoms with Crippen molar-refractivity contribution >= 4 is 29.1 Å². The van der Waals surface area contributed by atoms with Crippen LogP contribution in [0, 0.1) is 0 Å². The van der Waals surface area contributed by atoms with E-state index in [4.69, 9.17) is 11.6 Å². The lowest BCUT2D eigenvalue weighted by Gasteiger charge is -2.37. The van der Waals surface area contributed by atoms with E-state index in [2.05, 4.69) is 10.6 Å². The van der Waals surface area contributed by atoms with Gasteiger partial charge in [0.2, 0.25) is 11.8 Å². The van der Waals surface area contributed by atoms with E-state index < -0.39 is 23.7 Å². The summed E-state index contributed by atoms with van der Waals surface area (Å²) in [4.78, 5) is 28.0. The highest BCUT2D eigenvalue weighted by molar-refractivity contribution is 6.30. The van der Waals surface area contributed by atoms with Gasteiger partial charge in [0.15, 0.2) is 0 Å². The summed E-state index contributed by atoms with van der Waals surface area (Å²) in [6.07, 6.45) is -4.62. The first kappa shape index (κ1) is 22.4. The van der Waals surface area contributed by atoms with E-state index in [1.165, 1.54) is 6.07 Å². The van der Waals surface area contributed by atoms with Crippen molar-refractivity contribution < 1.29 is 22.8 Å². The first-order valence-electron chi connectivity index (χ1n) is 9.02. The number of hydrogen-bond acceptors (Lipinski definition) is 4. The highest BCUT2D eigenvalue weighted by atomic mass is 35.5. The van der Waals surface area contributed by atoms with Crippen LogP contribution in [-0.2, 0) is 15.8 Å². The zero-order valence-corrected chi connectivity index (χ0v) is 16.5. The first-order chi connectivity index (χ1) is 13.1. The number of nitrogens with one attached hydrogen (secondary N) is 2. The SMILES string of the molecule is CCNC(=O)CN1CCN(C(C)C(=O)Nc2ccc(Cl)cc2C(F)(F)F)CC1. The summed E-state index contributed by atoms with van der Waals surface area (Å²) >= 11 is 5.66. The lowest BCUT2D eigenvalue weighted by Crippen LogP contribution is -2.54. The molecule has 0 bridgehead atoms. The fraction of sp³-hybridized carbons (Fsp3) is 0.556. The Bertz CT molecular complexity index is 707. The molecule has 1 unspecified atom stereocenters. The number of benzene rings is 1. The summed E-state index contributed by atoms with van der Waals surface area (Å²) in [5.74, 6) is -0.575. The number of likely N-dealkylation sites (N-methyl/N-ethyl adjacent to an activating group) is 1. The maximum Gasteiger partial charge on any atom is 0.418 e. The van der Waals surface area contributed by atoms with Crippen LogP contribution in [0.15, 0.2) is 18.2 Å². The van der Waals surface area contributed by atoms with Crippen LogP contribution in [0.3, 0.4) is 0 Å². The second-order valence-corrected chi connectivity index (χ2v) is 7.05. The van der Waals surface area contributed by atoms with Gasteiger partial charge in [-0.3, -0.25) is 19.4 Å². The number of anilines is 1. The molecule has 2 N–H and O–H groups in total. The monoisotopic (exact) mass is 420 g/mol. The molecule has 1 aromatic rings. The van der Waals surface area contributed by atoms with Crippen molar-refractivity contribution in [1.82, 2.24) is 15.1 Å². The molecule has 2 amide bonds. The number of nitrogens with zero attached hydrogens (tertiary/aromatic N) is 2. The minimum atomic E-state index is -4.62. The molecule has 28 heavy (non-hydrogen) atoms. The van der Waals surface area contributed by atoms with Crippen molar-refractivity contribution in [1.29, 1.82) is 0 Å². The number of amides is 2. The second kappa shape index (κ2) is 9.58. The third-order valence-electron chi connectivity index (χ3n) is 4.62. The fourth-order valence-electron chi connectivity index (χ4n) is 3.03. The van der Waals surface area contributed by atoms with Gasteiger partial charge in [0.05, 0.1) is 23.8 Å². The Kier molecular flexibility index (Phi) is 7.68. The van der Waals surface area contributed by atoms with Crippen LogP contribution >= 0.6 is 11.6 Å². The topological polar surface area (TPSA) is 64.7 Å². The van der Waals surface area contributed by atoms with Gasteiger partial charge in [0, 0.05) is 37.7 Å². The van der Waals surface area contributed by atoms with Crippen molar-refractivity contribution in [2.75, 3.05) is 44.6 Å². The summed E-state index contributed by atoms with van der Waals surface area (Å²) in [7, 11) is 0. The third kappa shape index (κ3) is 6.08. The molecule has 0 radical (unpaired) electrons. The molecular formula is C18H24ClF3N4O2. The Hall–Kier alpha value is -1.84. The molecule has 1 heterocycles. The van der Waals surface area contributed by atoms with E-state index in [1.807, 2.05) is 16.7 Å². The number of piperazine rings is 1. The van der Waals surface area contributed by atoms with Gasteiger partial charge in [0.25, 0.3) is 0 Å². The molecule has 10 heteroatoms. The summed E-state index contributed by atoms with van der Waals surface area (Å²) < 4.78 is 39.5. The van der Waals surface area contributed by atoms with Gasteiger partial charge in [-0.15, -0.1) is 0 Å². The highest BCUT2D eigenvalue weighted by Crippen LogP contribution is 2.36. The molecular weight excluding hydrogens is 397 g/mol. The molecule has 6 nitrogen and oxygen atoms in total. The first-order valence-corrected chi connectivity index (χ1v) is 9.40. The smallest absolute Gasteiger partial charge is 0.355 e. The minimum absolute atomic E-state index is 0.0517. The van der Waals surface area contributed by atoms with E-state index in [1.54, 1.807) is 6.92 Å². The normalized spacial score (nSPS) is 17.2. The summed E-state index contributed by atoms with van der Waals surface area (Å²) in [6.45, 7) is 6.65. The molecule has 1 fully saturated rings. The van der Waals surface area contributed by atoms with Gasteiger partial charge in [-0.05, 0) is 32.0 Å². The quantitative estimate of drug-likeness (QED) is 0.742. The van der Waals surface area contributed by atoms with E-state index in [0.29, 0.717) is 39.3 Å². The van der Waals surface area contributed by atoms with Gasteiger partial charge < -0.3 is 10.6 Å². The Balaban J connectivity index is 1.95. The van der Waals surface area contributed by atoms with Crippen LogP contribution in [0.4, 0.5) is 18.9 Å². The Labute approximate surface area is 167 Å². The number of alkyl halides is 3. The van der Waals surface area contributed by atoms with Crippen LogP contribution < -0.4 is 10.6 Å². The average molecular weight is 421 g/mol.